The molecule has 0 N–H and O–H groups in total. The first-order valence-corrected chi connectivity index (χ1v) is 9.71. The van der Waals surface area contributed by atoms with Crippen LogP contribution in [0.15, 0.2) is 24.4 Å². The molecule has 0 aromatic carbocycles. The minimum absolute atomic E-state index is 0.364. The molecule has 0 bridgehead atoms. The fourth-order valence-electron chi connectivity index (χ4n) is 4.05. The topological polar surface area (TPSA) is 36.4 Å². The molecule has 1 amide bonds. The molecule has 1 aromatic rings. The molecule has 2 heterocycles. The molecule has 132 valence electrons. The van der Waals surface area contributed by atoms with E-state index in [0.29, 0.717) is 5.91 Å². The molecule has 0 unspecified atom stereocenters. The van der Waals surface area contributed by atoms with Crippen LogP contribution in [0.4, 0.5) is 0 Å². The lowest BCUT2D eigenvalue weighted by molar-refractivity contribution is -0.133. The number of rotatable bonds is 6. The number of aromatic nitrogens is 1. The maximum Gasteiger partial charge on any atom is 0.222 e. The summed E-state index contributed by atoms with van der Waals surface area (Å²) in [7, 11) is 0. The number of hydrogen-bond donors (Lipinski definition) is 0. The lowest BCUT2D eigenvalue weighted by atomic mass is 9.86. The van der Waals surface area contributed by atoms with Gasteiger partial charge in [0, 0.05) is 45.3 Å². The van der Waals surface area contributed by atoms with Crippen LogP contribution in [0.3, 0.4) is 0 Å². The molecule has 4 heteroatoms. The summed E-state index contributed by atoms with van der Waals surface area (Å²) in [5.41, 5.74) is 1.12. The average molecular weight is 329 g/mol. The molecule has 3 rings (SSSR count). The van der Waals surface area contributed by atoms with E-state index in [0.717, 1.165) is 57.2 Å². The van der Waals surface area contributed by atoms with Crippen molar-refractivity contribution in [2.24, 2.45) is 5.92 Å². The zero-order valence-corrected chi connectivity index (χ0v) is 14.8. The van der Waals surface area contributed by atoms with E-state index in [-0.39, 0.29) is 0 Å². The number of carbonyl (C=O) groups is 1. The van der Waals surface area contributed by atoms with Crippen LogP contribution in [0.1, 0.15) is 57.1 Å². The molecule has 1 aliphatic carbocycles. The predicted molar refractivity (Wildman–Crippen MR) is 96.5 cm³/mol. The molecule has 0 radical (unpaired) electrons. The Hall–Kier alpha value is -1.42. The molecule has 0 atom stereocenters. The summed E-state index contributed by atoms with van der Waals surface area (Å²) in [6.45, 7) is 4.56. The lowest BCUT2D eigenvalue weighted by Crippen LogP contribution is -2.48. The van der Waals surface area contributed by atoms with E-state index in [4.69, 9.17) is 0 Å². The van der Waals surface area contributed by atoms with Crippen LogP contribution >= 0.6 is 0 Å². The van der Waals surface area contributed by atoms with Gasteiger partial charge in [-0.3, -0.25) is 14.7 Å². The van der Waals surface area contributed by atoms with Crippen molar-refractivity contribution in [2.45, 2.75) is 57.9 Å². The fourth-order valence-corrected chi connectivity index (χ4v) is 4.05. The summed E-state index contributed by atoms with van der Waals surface area (Å²) >= 11 is 0. The van der Waals surface area contributed by atoms with Gasteiger partial charge >= 0.3 is 0 Å². The standard InChI is InChI=1S/C20H31N3O/c24-20(11-6-9-18-7-2-1-3-8-18)23-15-13-22(14-16-23)17-19-10-4-5-12-21-19/h4-5,10,12,18H,1-3,6-9,11,13-17H2. The summed E-state index contributed by atoms with van der Waals surface area (Å²) in [6.07, 6.45) is 11.9. The minimum Gasteiger partial charge on any atom is -0.340 e. The van der Waals surface area contributed by atoms with E-state index >= 15 is 0 Å². The largest absolute Gasteiger partial charge is 0.340 e. The summed E-state index contributed by atoms with van der Waals surface area (Å²) in [4.78, 5) is 21.3. The molecule has 2 fully saturated rings. The van der Waals surface area contributed by atoms with Gasteiger partial charge < -0.3 is 4.90 Å². The van der Waals surface area contributed by atoms with Crippen molar-refractivity contribution in [1.82, 2.24) is 14.8 Å². The van der Waals surface area contributed by atoms with Crippen molar-refractivity contribution in [3.63, 3.8) is 0 Å². The highest BCUT2D eigenvalue weighted by Crippen LogP contribution is 2.27. The molecule has 1 aromatic heterocycles. The summed E-state index contributed by atoms with van der Waals surface area (Å²) in [5.74, 6) is 1.25. The van der Waals surface area contributed by atoms with Crippen molar-refractivity contribution < 1.29 is 4.79 Å². The second kappa shape index (κ2) is 9.16. The number of carbonyl (C=O) groups excluding carboxylic acids is 1. The van der Waals surface area contributed by atoms with Crippen molar-refractivity contribution in [3.8, 4) is 0 Å². The van der Waals surface area contributed by atoms with Gasteiger partial charge in [0.25, 0.3) is 0 Å². The molecular formula is C20H31N3O. The molecule has 0 spiro atoms. The Bertz CT molecular complexity index is 491. The summed E-state index contributed by atoms with van der Waals surface area (Å²) in [6, 6.07) is 6.06. The maximum atomic E-state index is 12.4. The van der Waals surface area contributed by atoms with Crippen LogP contribution < -0.4 is 0 Å². The Labute approximate surface area is 146 Å². The fraction of sp³-hybridized carbons (Fsp3) is 0.700. The normalized spacial score (nSPS) is 20.2. The van der Waals surface area contributed by atoms with Crippen molar-refractivity contribution in [3.05, 3.63) is 30.1 Å². The van der Waals surface area contributed by atoms with Gasteiger partial charge in [-0.05, 0) is 30.9 Å². The first-order valence-electron chi connectivity index (χ1n) is 9.71. The Kier molecular flexibility index (Phi) is 6.65. The van der Waals surface area contributed by atoms with Gasteiger partial charge in [-0.15, -0.1) is 0 Å². The average Bonchev–Trinajstić information content (AvgIpc) is 2.64. The van der Waals surface area contributed by atoms with Crippen molar-refractivity contribution in [2.75, 3.05) is 26.2 Å². The zero-order chi connectivity index (χ0) is 16.6. The van der Waals surface area contributed by atoms with E-state index in [1.54, 1.807) is 0 Å². The quantitative estimate of drug-likeness (QED) is 0.802. The van der Waals surface area contributed by atoms with E-state index in [1.165, 1.54) is 38.5 Å². The number of piperazine rings is 1. The number of nitrogens with zero attached hydrogens (tertiary/aromatic N) is 3. The first kappa shape index (κ1) is 17.4. The third-order valence-corrected chi connectivity index (χ3v) is 5.56. The summed E-state index contributed by atoms with van der Waals surface area (Å²) in [5, 5.41) is 0. The number of pyridine rings is 1. The van der Waals surface area contributed by atoms with Crippen LogP contribution in [-0.2, 0) is 11.3 Å². The monoisotopic (exact) mass is 329 g/mol. The number of amides is 1. The van der Waals surface area contributed by atoms with Gasteiger partial charge in [-0.25, -0.2) is 0 Å². The second-order valence-corrected chi connectivity index (χ2v) is 7.37. The van der Waals surface area contributed by atoms with Crippen molar-refractivity contribution in [1.29, 1.82) is 0 Å². The third-order valence-electron chi connectivity index (χ3n) is 5.56. The molecule has 1 saturated heterocycles. The van der Waals surface area contributed by atoms with Gasteiger partial charge in [0.2, 0.25) is 5.91 Å². The van der Waals surface area contributed by atoms with Gasteiger partial charge in [0.1, 0.15) is 0 Å². The molecule has 2 aliphatic rings. The summed E-state index contributed by atoms with van der Waals surface area (Å²) < 4.78 is 0. The first-order chi connectivity index (χ1) is 11.8. The van der Waals surface area contributed by atoms with Crippen LogP contribution in [0, 0.1) is 5.92 Å². The van der Waals surface area contributed by atoms with E-state index < -0.39 is 0 Å². The number of hydrogen-bond acceptors (Lipinski definition) is 3. The van der Waals surface area contributed by atoms with Crippen LogP contribution in [0.2, 0.25) is 0 Å². The Morgan fingerprint density at radius 2 is 1.88 bits per heavy atom. The molecular weight excluding hydrogens is 298 g/mol. The van der Waals surface area contributed by atoms with Crippen LogP contribution in [0.25, 0.3) is 0 Å². The van der Waals surface area contributed by atoms with E-state index in [9.17, 15) is 4.79 Å². The minimum atomic E-state index is 0.364. The highest BCUT2D eigenvalue weighted by atomic mass is 16.2. The van der Waals surface area contributed by atoms with Crippen LogP contribution in [0.5, 0.6) is 0 Å². The van der Waals surface area contributed by atoms with Crippen LogP contribution in [-0.4, -0.2) is 46.9 Å². The molecule has 1 aliphatic heterocycles. The second-order valence-electron chi connectivity index (χ2n) is 7.37. The Morgan fingerprint density at radius 3 is 2.58 bits per heavy atom. The van der Waals surface area contributed by atoms with Gasteiger partial charge in [0.15, 0.2) is 0 Å². The van der Waals surface area contributed by atoms with E-state index in [1.807, 2.05) is 18.3 Å². The Balaban J connectivity index is 1.32. The third kappa shape index (κ3) is 5.30. The smallest absolute Gasteiger partial charge is 0.222 e. The Morgan fingerprint density at radius 1 is 1.08 bits per heavy atom. The van der Waals surface area contributed by atoms with Gasteiger partial charge in [-0.2, -0.15) is 0 Å². The molecule has 24 heavy (non-hydrogen) atoms. The maximum absolute atomic E-state index is 12.4. The molecule has 1 saturated carbocycles. The highest BCUT2D eigenvalue weighted by Gasteiger charge is 2.21. The predicted octanol–water partition coefficient (Wildman–Crippen LogP) is 3.48. The zero-order valence-electron chi connectivity index (χ0n) is 14.8. The SMILES string of the molecule is O=C(CCCC1CCCCC1)N1CCN(Cc2ccccn2)CC1. The molecule has 4 nitrogen and oxygen atoms in total. The highest BCUT2D eigenvalue weighted by molar-refractivity contribution is 5.76. The van der Waals surface area contributed by atoms with Gasteiger partial charge in [0.05, 0.1) is 5.69 Å². The lowest BCUT2D eigenvalue weighted by Gasteiger charge is -2.34. The van der Waals surface area contributed by atoms with Gasteiger partial charge in [-0.1, -0.05) is 38.2 Å². The van der Waals surface area contributed by atoms with Crippen molar-refractivity contribution >= 4 is 5.91 Å². The van der Waals surface area contributed by atoms with E-state index in [2.05, 4.69) is 20.9 Å².